The monoisotopic (exact) mass is 206 g/mol. The van der Waals surface area contributed by atoms with Gasteiger partial charge in [0.05, 0.1) is 6.61 Å². The minimum absolute atomic E-state index is 0.105. The van der Waals surface area contributed by atoms with Crippen LogP contribution >= 0.6 is 0 Å². The number of ether oxygens (including phenoxy) is 1. The van der Waals surface area contributed by atoms with Crippen LogP contribution in [-0.4, -0.2) is 12.4 Å². The molecule has 0 amide bonds. The Labute approximate surface area is 90.8 Å². The van der Waals surface area contributed by atoms with Gasteiger partial charge < -0.3 is 10.5 Å². The van der Waals surface area contributed by atoms with Gasteiger partial charge in [0.2, 0.25) is 0 Å². The van der Waals surface area contributed by atoms with Gasteiger partial charge in [-0.15, -0.1) is 0 Å². The normalized spacial score (nSPS) is 10.2. The summed E-state index contributed by atoms with van der Waals surface area (Å²) in [4.78, 5) is 0. The fourth-order valence-corrected chi connectivity index (χ4v) is 1.22. The van der Waals surface area contributed by atoms with Gasteiger partial charge in [0.1, 0.15) is 5.84 Å². The molecule has 15 heavy (non-hydrogen) atoms. The van der Waals surface area contributed by atoms with E-state index >= 15 is 0 Å². The molecular formula is C12H18N2O. The van der Waals surface area contributed by atoms with Crippen LogP contribution in [0.5, 0.6) is 0 Å². The van der Waals surface area contributed by atoms with Crippen molar-refractivity contribution in [2.24, 2.45) is 5.73 Å². The quantitative estimate of drug-likeness (QED) is 0.426. The number of nitrogens with two attached hydrogens (primary N) is 1. The van der Waals surface area contributed by atoms with E-state index in [1.807, 2.05) is 24.3 Å². The van der Waals surface area contributed by atoms with Crippen LogP contribution in [0.4, 0.5) is 0 Å². The van der Waals surface area contributed by atoms with E-state index in [0.29, 0.717) is 6.61 Å². The van der Waals surface area contributed by atoms with Crippen LogP contribution in [-0.2, 0) is 11.3 Å². The standard InChI is InChI=1S/C12H18N2O/c1-2-3-8-15-9-10-4-6-11(7-5-10)12(13)14/h4-7H,2-3,8-9H2,1H3,(H3,13,14). The molecule has 0 aliphatic carbocycles. The Kier molecular flexibility index (Phi) is 4.84. The lowest BCUT2D eigenvalue weighted by Gasteiger charge is -2.04. The van der Waals surface area contributed by atoms with Crippen LogP contribution in [0.1, 0.15) is 30.9 Å². The zero-order chi connectivity index (χ0) is 11.1. The minimum Gasteiger partial charge on any atom is -0.384 e. The number of nitrogen functional groups attached to an aromatic ring is 1. The number of hydrogen-bond acceptors (Lipinski definition) is 2. The van der Waals surface area contributed by atoms with Crippen LogP contribution in [0.2, 0.25) is 0 Å². The van der Waals surface area contributed by atoms with Gasteiger partial charge >= 0.3 is 0 Å². The van der Waals surface area contributed by atoms with Crippen molar-refractivity contribution in [1.82, 2.24) is 0 Å². The fraction of sp³-hybridized carbons (Fsp3) is 0.417. The van der Waals surface area contributed by atoms with Crippen LogP contribution in [0.3, 0.4) is 0 Å². The molecule has 0 unspecified atom stereocenters. The number of hydrogen-bond donors (Lipinski definition) is 2. The largest absolute Gasteiger partial charge is 0.384 e. The topological polar surface area (TPSA) is 59.1 Å². The van der Waals surface area contributed by atoms with Gasteiger partial charge in [-0.05, 0) is 12.0 Å². The first-order chi connectivity index (χ1) is 7.24. The summed E-state index contributed by atoms with van der Waals surface area (Å²) in [6, 6.07) is 7.59. The molecule has 0 atom stereocenters. The molecule has 1 aromatic rings. The second-order valence-electron chi connectivity index (χ2n) is 3.52. The van der Waals surface area contributed by atoms with Crippen molar-refractivity contribution in [1.29, 1.82) is 5.41 Å². The van der Waals surface area contributed by atoms with E-state index in [0.717, 1.165) is 30.6 Å². The summed E-state index contributed by atoms with van der Waals surface area (Å²) < 4.78 is 5.48. The van der Waals surface area contributed by atoms with Gasteiger partial charge in [-0.2, -0.15) is 0 Å². The third-order valence-electron chi connectivity index (χ3n) is 2.18. The van der Waals surface area contributed by atoms with Crippen LogP contribution in [0, 0.1) is 5.41 Å². The summed E-state index contributed by atoms with van der Waals surface area (Å²) in [5.41, 5.74) is 7.23. The molecular weight excluding hydrogens is 188 g/mol. The van der Waals surface area contributed by atoms with E-state index in [1.165, 1.54) is 0 Å². The van der Waals surface area contributed by atoms with Gasteiger partial charge in [0.25, 0.3) is 0 Å². The molecule has 1 rings (SSSR count). The average Bonchev–Trinajstić information content (AvgIpc) is 2.25. The number of unbranched alkanes of at least 4 members (excludes halogenated alkanes) is 1. The highest BCUT2D eigenvalue weighted by Crippen LogP contribution is 2.05. The van der Waals surface area contributed by atoms with Crippen molar-refractivity contribution in [3.8, 4) is 0 Å². The van der Waals surface area contributed by atoms with Crippen LogP contribution in [0.15, 0.2) is 24.3 Å². The predicted molar refractivity (Wildman–Crippen MR) is 62.0 cm³/mol. The van der Waals surface area contributed by atoms with Crippen molar-refractivity contribution in [2.75, 3.05) is 6.61 Å². The third-order valence-corrected chi connectivity index (χ3v) is 2.18. The van der Waals surface area contributed by atoms with Crippen LogP contribution < -0.4 is 5.73 Å². The molecule has 82 valence electrons. The zero-order valence-electron chi connectivity index (χ0n) is 9.12. The highest BCUT2D eigenvalue weighted by molar-refractivity contribution is 5.94. The summed E-state index contributed by atoms with van der Waals surface area (Å²) >= 11 is 0. The fourth-order valence-electron chi connectivity index (χ4n) is 1.22. The van der Waals surface area contributed by atoms with E-state index in [1.54, 1.807) is 0 Å². The molecule has 0 aliphatic heterocycles. The molecule has 0 aliphatic rings. The van der Waals surface area contributed by atoms with Gasteiger partial charge in [0.15, 0.2) is 0 Å². The Hall–Kier alpha value is -1.35. The van der Waals surface area contributed by atoms with Crippen molar-refractivity contribution < 1.29 is 4.74 Å². The molecule has 3 heteroatoms. The first-order valence-corrected chi connectivity index (χ1v) is 5.25. The van der Waals surface area contributed by atoms with E-state index in [9.17, 15) is 0 Å². The molecule has 0 radical (unpaired) electrons. The number of rotatable bonds is 6. The molecule has 0 saturated heterocycles. The Morgan fingerprint density at radius 2 is 2.00 bits per heavy atom. The van der Waals surface area contributed by atoms with Gasteiger partial charge in [-0.1, -0.05) is 37.6 Å². The summed E-state index contributed by atoms with van der Waals surface area (Å²) in [6.45, 7) is 3.59. The summed E-state index contributed by atoms with van der Waals surface area (Å²) in [6.07, 6.45) is 2.26. The second kappa shape index (κ2) is 6.19. The average molecular weight is 206 g/mol. The Morgan fingerprint density at radius 1 is 1.33 bits per heavy atom. The number of amidine groups is 1. The molecule has 0 heterocycles. The summed E-state index contributed by atoms with van der Waals surface area (Å²) in [7, 11) is 0. The van der Waals surface area contributed by atoms with Gasteiger partial charge in [0, 0.05) is 12.2 Å². The zero-order valence-corrected chi connectivity index (χ0v) is 9.12. The van der Waals surface area contributed by atoms with Gasteiger partial charge in [-0.25, -0.2) is 0 Å². The molecule has 3 nitrogen and oxygen atoms in total. The summed E-state index contributed by atoms with van der Waals surface area (Å²) in [5, 5.41) is 7.25. The highest BCUT2D eigenvalue weighted by atomic mass is 16.5. The second-order valence-corrected chi connectivity index (χ2v) is 3.52. The summed E-state index contributed by atoms with van der Waals surface area (Å²) in [5.74, 6) is 0.105. The van der Waals surface area contributed by atoms with Gasteiger partial charge in [-0.3, -0.25) is 5.41 Å². The van der Waals surface area contributed by atoms with Crippen LogP contribution in [0.25, 0.3) is 0 Å². The molecule has 0 aromatic heterocycles. The third kappa shape index (κ3) is 4.13. The SMILES string of the molecule is CCCCOCc1ccc(C(=N)N)cc1. The first kappa shape index (κ1) is 11.7. The van der Waals surface area contributed by atoms with E-state index in [2.05, 4.69) is 6.92 Å². The lowest BCUT2D eigenvalue weighted by Crippen LogP contribution is -2.10. The Bertz CT molecular complexity index is 306. The molecule has 1 aromatic carbocycles. The molecule has 0 bridgehead atoms. The maximum absolute atomic E-state index is 7.25. The molecule has 0 spiro atoms. The molecule has 0 saturated carbocycles. The predicted octanol–water partition coefficient (Wildman–Crippen LogP) is 2.29. The van der Waals surface area contributed by atoms with E-state index in [-0.39, 0.29) is 5.84 Å². The number of nitrogens with one attached hydrogen (secondary N) is 1. The maximum Gasteiger partial charge on any atom is 0.122 e. The van der Waals surface area contributed by atoms with Crippen molar-refractivity contribution in [3.05, 3.63) is 35.4 Å². The first-order valence-electron chi connectivity index (χ1n) is 5.25. The maximum atomic E-state index is 7.25. The van der Waals surface area contributed by atoms with E-state index < -0.39 is 0 Å². The smallest absolute Gasteiger partial charge is 0.122 e. The lowest BCUT2D eigenvalue weighted by atomic mass is 10.1. The van der Waals surface area contributed by atoms with Crippen molar-refractivity contribution >= 4 is 5.84 Å². The number of benzene rings is 1. The van der Waals surface area contributed by atoms with Crippen molar-refractivity contribution in [3.63, 3.8) is 0 Å². The Morgan fingerprint density at radius 3 is 2.53 bits per heavy atom. The van der Waals surface area contributed by atoms with Crippen molar-refractivity contribution in [2.45, 2.75) is 26.4 Å². The minimum atomic E-state index is 0.105. The molecule has 0 fully saturated rings. The lowest BCUT2D eigenvalue weighted by molar-refractivity contribution is 0.118. The molecule has 3 N–H and O–H groups in total. The highest BCUT2D eigenvalue weighted by Gasteiger charge is 1.96. The Balaban J connectivity index is 2.39. The van der Waals surface area contributed by atoms with E-state index in [4.69, 9.17) is 15.9 Å².